The Hall–Kier alpha value is 0.580. The second kappa shape index (κ2) is 12.9. The molecule has 3 N–H and O–H groups in total. The van der Waals surface area contributed by atoms with E-state index < -0.39 is 28.8 Å². The van der Waals surface area contributed by atoms with Crippen molar-refractivity contribution in [3.05, 3.63) is 0 Å². The molecule has 0 rings (SSSR count). The molecular formula is C11H23CaN2O6S2-. The number of nitrogens with one attached hydrogen (secondary N) is 2. The van der Waals surface area contributed by atoms with Gasteiger partial charge in [0.2, 0.25) is 11.8 Å². The van der Waals surface area contributed by atoms with Crippen LogP contribution >= 0.6 is 12.6 Å². The van der Waals surface area contributed by atoms with E-state index in [0.717, 1.165) is 0 Å². The molecular weight excluding hydrogens is 360 g/mol. The van der Waals surface area contributed by atoms with Gasteiger partial charge in [-0.3, -0.25) is 9.59 Å². The van der Waals surface area contributed by atoms with Crippen LogP contribution in [0.1, 0.15) is 23.1 Å². The van der Waals surface area contributed by atoms with Gasteiger partial charge in [-0.15, -0.1) is 0 Å². The minimum atomic E-state index is -2.71. The fraction of sp³-hybridized carbons (Fsp3) is 0.818. The third kappa shape index (κ3) is 11.2. The largest absolute Gasteiger partial charge is 2.00 e. The van der Waals surface area contributed by atoms with E-state index in [0.29, 0.717) is 12.3 Å². The van der Waals surface area contributed by atoms with Crippen molar-refractivity contribution in [2.45, 2.75) is 26.4 Å². The molecule has 0 bridgehead atoms. The fourth-order valence-electron chi connectivity index (χ4n) is 1.31. The summed E-state index contributed by atoms with van der Waals surface area (Å²) in [4.78, 5) is 23.0. The zero-order chi connectivity index (χ0) is 16.5. The fourth-order valence-corrected chi connectivity index (χ4v) is 1.83. The summed E-state index contributed by atoms with van der Waals surface area (Å²) in [5.41, 5.74) is -1.08. The molecule has 0 spiro atoms. The molecule has 11 heteroatoms. The van der Waals surface area contributed by atoms with E-state index >= 15 is 0 Å². The van der Waals surface area contributed by atoms with Gasteiger partial charge in [-0.2, -0.15) is 12.6 Å². The van der Waals surface area contributed by atoms with Gasteiger partial charge in [-0.05, 0) is 0 Å². The SMILES string of the molecule is CC(C)(COS(=O)[O-])C(O)C(=O)NCCC(=O)NCCS.[Ca+2].[H-].[H-]. The van der Waals surface area contributed by atoms with Crippen LogP contribution in [0.3, 0.4) is 0 Å². The molecule has 0 aliphatic carbocycles. The second-order valence-corrected chi connectivity index (χ2v) is 6.06. The summed E-state index contributed by atoms with van der Waals surface area (Å²) in [6.07, 6.45) is -1.38. The molecule has 0 aromatic heterocycles. The van der Waals surface area contributed by atoms with E-state index in [-0.39, 0.29) is 66.1 Å². The van der Waals surface area contributed by atoms with Crippen molar-refractivity contribution < 1.29 is 30.5 Å². The quantitative estimate of drug-likeness (QED) is 0.208. The van der Waals surface area contributed by atoms with Crippen molar-refractivity contribution in [1.29, 1.82) is 0 Å². The van der Waals surface area contributed by atoms with E-state index in [1.807, 2.05) is 0 Å². The Morgan fingerprint density at radius 2 is 2.00 bits per heavy atom. The number of aliphatic hydroxyl groups is 1. The molecule has 0 fully saturated rings. The van der Waals surface area contributed by atoms with Gasteiger partial charge in [0.1, 0.15) is 6.10 Å². The molecule has 2 atom stereocenters. The molecule has 0 aliphatic heterocycles. The van der Waals surface area contributed by atoms with Gasteiger partial charge in [0.25, 0.3) is 0 Å². The number of amides is 2. The molecule has 0 aromatic rings. The van der Waals surface area contributed by atoms with Crippen molar-refractivity contribution in [1.82, 2.24) is 10.6 Å². The van der Waals surface area contributed by atoms with E-state index in [2.05, 4.69) is 27.4 Å². The summed E-state index contributed by atoms with van der Waals surface area (Å²) in [5, 5.41) is 14.8. The second-order valence-electron chi connectivity index (χ2n) is 4.97. The summed E-state index contributed by atoms with van der Waals surface area (Å²) in [6, 6.07) is 0. The maximum atomic E-state index is 11.7. The van der Waals surface area contributed by atoms with Gasteiger partial charge < -0.3 is 27.3 Å². The van der Waals surface area contributed by atoms with E-state index in [9.17, 15) is 23.5 Å². The van der Waals surface area contributed by atoms with E-state index in [1.165, 1.54) is 13.8 Å². The van der Waals surface area contributed by atoms with Crippen LogP contribution in [0.25, 0.3) is 0 Å². The molecule has 0 heterocycles. The maximum Gasteiger partial charge on any atom is 2.00 e. The first-order valence-corrected chi connectivity index (χ1v) is 7.90. The Labute approximate surface area is 171 Å². The molecule has 0 aromatic carbocycles. The van der Waals surface area contributed by atoms with Crippen LogP contribution < -0.4 is 10.6 Å². The van der Waals surface area contributed by atoms with Crippen molar-refractivity contribution in [2.24, 2.45) is 5.41 Å². The van der Waals surface area contributed by atoms with Crippen LogP contribution in [-0.2, 0) is 25.1 Å². The van der Waals surface area contributed by atoms with E-state index in [4.69, 9.17) is 0 Å². The van der Waals surface area contributed by atoms with Gasteiger partial charge >= 0.3 is 37.7 Å². The number of rotatable bonds is 10. The Kier molecular flexibility index (Phi) is 14.6. The van der Waals surface area contributed by atoms with Gasteiger partial charge in [-0.25, -0.2) is 4.21 Å². The molecule has 22 heavy (non-hydrogen) atoms. The molecule has 2 unspecified atom stereocenters. The monoisotopic (exact) mass is 383 g/mol. The van der Waals surface area contributed by atoms with Crippen molar-refractivity contribution in [2.75, 3.05) is 25.4 Å². The van der Waals surface area contributed by atoms with Crippen LogP contribution in [0, 0.1) is 5.41 Å². The average molecular weight is 384 g/mol. The van der Waals surface area contributed by atoms with Gasteiger partial charge in [0.05, 0.1) is 18.0 Å². The molecule has 2 amide bonds. The number of hydrogen-bond acceptors (Lipinski definition) is 7. The minimum absolute atomic E-state index is 0. The summed E-state index contributed by atoms with van der Waals surface area (Å²) in [5.74, 6) is -0.406. The molecule has 128 valence electrons. The van der Waals surface area contributed by atoms with Crippen LogP contribution in [0.5, 0.6) is 0 Å². The Balaban J connectivity index is -0.000000667. The number of aliphatic hydroxyl groups excluding tert-OH is 1. The number of carbonyl (C=O) groups excluding carboxylic acids is 2. The molecule has 0 aliphatic rings. The summed E-state index contributed by atoms with van der Waals surface area (Å²) < 4.78 is 25.0. The van der Waals surface area contributed by atoms with Crippen molar-refractivity contribution in [3.63, 3.8) is 0 Å². The first kappa shape index (κ1) is 24.8. The smallest absolute Gasteiger partial charge is 1.00 e. The van der Waals surface area contributed by atoms with Gasteiger partial charge in [-0.1, -0.05) is 13.8 Å². The summed E-state index contributed by atoms with van der Waals surface area (Å²) >= 11 is 1.23. The van der Waals surface area contributed by atoms with E-state index in [1.54, 1.807) is 0 Å². The molecule has 8 nitrogen and oxygen atoms in total. The minimum Gasteiger partial charge on any atom is -1.00 e. The number of carbonyl (C=O) groups is 2. The van der Waals surface area contributed by atoms with Crippen LogP contribution in [0.2, 0.25) is 0 Å². The molecule has 0 saturated heterocycles. The normalized spacial score (nSPS) is 13.7. The molecule has 0 saturated carbocycles. The van der Waals surface area contributed by atoms with Crippen LogP contribution in [-0.4, -0.2) is 95.0 Å². The Morgan fingerprint density at radius 1 is 1.41 bits per heavy atom. The van der Waals surface area contributed by atoms with Gasteiger partial charge in [0.15, 0.2) is 0 Å². The summed E-state index contributed by atoms with van der Waals surface area (Å²) in [6.45, 7) is 3.15. The zero-order valence-electron chi connectivity index (χ0n) is 14.7. The van der Waals surface area contributed by atoms with Crippen LogP contribution in [0.4, 0.5) is 0 Å². The third-order valence-electron chi connectivity index (χ3n) is 2.60. The number of hydrogen-bond donors (Lipinski definition) is 4. The maximum absolute atomic E-state index is 11.7. The molecule has 0 radical (unpaired) electrons. The average Bonchev–Trinajstić information content (AvgIpc) is 2.42. The van der Waals surface area contributed by atoms with Gasteiger partial charge in [0, 0.05) is 30.7 Å². The standard InChI is InChI=1S/C11H22N2O6S2.Ca.2H/c1-11(2,7-19-21(17)18)9(15)10(16)13-4-3-8(14)12-5-6-20;;;/h9,15,20H,3-7H2,1-2H3,(H,12,14)(H,13,16)(H,17,18);;;/q;+2;2*-1/p-1. The summed E-state index contributed by atoms with van der Waals surface area (Å²) in [7, 11) is 0. The predicted molar refractivity (Wildman–Crippen MR) is 87.1 cm³/mol. The Morgan fingerprint density at radius 3 is 2.50 bits per heavy atom. The zero-order valence-corrected chi connectivity index (χ0v) is 16.6. The third-order valence-corrected chi connectivity index (χ3v) is 3.13. The topological polar surface area (TPSA) is 128 Å². The predicted octanol–water partition coefficient (Wildman–Crippen LogP) is -1.42. The van der Waals surface area contributed by atoms with Crippen molar-refractivity contribution >= 4 is 73.5 Å². The Bertz CT molecular complexity index is 394. The first-order chi connectivity index (χ1) is 9.70. The number of thiol groups is 1. The van der Waals surface area contributed by atoms with Crippen LogP contribution in [0.15, 0.2) is 0 Å². The van der Waals surface area contributed by atoms with Crippen molar-refractivity contribution in [3.8, 4) is 0 Å². The first-order valence-electron chi connectivity index (χ1n) is 6.26.